The lowest BCUT2D eigenvalue weighted by Gasteiger charge is -2.29. The largest absolute Gasteiger partial charge is 0.359 e. The van der Waals surface area contributed by atoms with E-state index in [1.165, 1.54) is 108 Å². The first-order valence-electron chi connectivity index (χ1n) is 14.0. The molecule has 190 valence electrons. The summed E-state index contributed by atoms with van der Waals surface area (Å²) in [5, 5.41) is 8.59. The van der Waals surface area contributed by atoms with E-state index in [1.807, 2.05) is 0 Å². The van der Waals surface area contributed by atoms with Crippen LogP contribution in [0.5, 0.6) is 0 Å². The van der Waals surface area contributed by atoms with Crippen molar-refractivity contribution < 1.29 is 0 Å². The minimum absolute atomic E-state index is 0.450. The van der Waals surface area contributed by atoms with Crippen molar-refractivity contribution in [1.82, 2.24) is 20.0 Å². The van der Waals surface area contributed by atoms with Crippen molar-refractivity contribution >= 4 is 11.8 Å². The summed E-state index contributed by atoms with van der Waals surface area (Å²) in [6.45, 7) is 13.5. The first-order valence-corrected chi connectivity index (χ1v) is 15.0. The van der Waals surface area contributed by atoms with Gasteiger partial charge in [0.2, 0.25) is 0 Å². The molecule has 0 aromatic carbocycles. The molecule has 4 nitrogen and oxygen atoms in total. The Morgan fingerprint density at radius 1 is 0.818 bits per heavy atom. The highest BCUT2D eigenvalue weighted by Crippen LogP contribution is 2.33. The Hall–Kier alpha value is -1.10. The molecule has 1 aromatic rings. The van der Waals surface area contributed by atoms with Crippen molar-refractivity contribution in [3.63, 3.8) is 0 Å². The number of nitrogens with zero attached hydrogens (tertiary/aromatic N) is 3. The summed E-state index contributed by atoms with van der Waals surface area (Å²) in [6.07, 6.45) is 18.2. The molecule has 2 rings (SSSR count). The van der Waals surface area contributed by atoms with Crippen LogP contribution in [0.2, 0.25) is 0 Å². The van der Waals surface area contributed by atoms with Crippen molar-refractivity contribution in [2.75, 3.05) is 12.3 Å². The molecule has 0 saturated carbocycles. The van der Waals surface area contributed by atoms with E-state index in [1.54, 1.807) is 11.4 Å². The molecule has 1 aromatic heterocycles. The lowest BCUT2D eigenvalue weighted by atomic mass is 10.1. The third-order valence-electron chi connectivity index (χ3n) is 6.72. The van der Waals surface area contributed by atoms with Gasteiger partial charge >= 0.3 is 0 Å². The van der Waals surface area contributed by atoms with Crippen LogP contribution in [-0.2, 0) is 6.54 Å². The Morgan fingerprint density at radius 2 is 1.48 bits per heavy atom. The van der Waals surface area contributed by atoms with Crippen LogP contribution >= 0.6 is 11.8 Å². The third-order valence-corrected chi connectivity index (χ3v) is 7.93. The van der Waals surface area contributed by atoms with E-state index in [4.69, 9.17) is 0 Å². The lowest BCUT2D eigenvalue weighted by molar-refractivity contribution is 0.315. The fraction of sp³-hybridized carbons (Fsp3) is 0.821. The van der Waals surface area contributed by atoms with Gasteiger partial charge in [0.25, 0.3) is 0 Å². The van der Waals surface area contributed by atoms with Gasteiger partial charge in [-0.2, -0.15) is 5.10 Å². The maximum Gasteiger partial charge on any atom is 0.147 e. The number of allylic oxidation sites excluding steroid dienone is 2. The number of hydrogen-bond donors (Lipinski definition) is 1. The molecule has 33 heavy (non-hydrogen) atoms. The van der Waals surface area contributed by atoms with Gasteiger partial charge in [0, 0.05) is 30.2 Å². The predicted octanol–water partition coefficient (Wildman–Crippen LogP) is 8.15. The summed E-state index contributed by atoms with van der Waals surface area (Å²) in [7, 11) is 0. The van der Waals surface area contributed by atoms with E-state index < -0.39 is 0 Å². The molecule has 0 bridgehead atoms. The molecule has 5 heteroatoms. The first kappa shape index (κ1) is 28.1. The van der Waals surface area contributed by atoms with Gasteiger partial charge in [-0.05, 0) is 70.6 Å². The van der Waals surface area contributed by atoms with Gasteiger partial charge in [-0.3, -0.25) is 4.68 Å². The smallest absolute Gasteiger partial charge is 0.147 e. The van der Waals surface area contributed by atoms with Crippen LogP contribution in [-0.4, -0.2) is 32.5 Å². The second-order valence-electron chi connectivity index (χ2n) is 9.82. The fourth-order valence-electron chi connectivity index (χ4n) is 4.78. The van der Waals surface area contributed by atoms with E-state index in [0.717, 1.165) is 12.2 Å². The van der Waals surface area contributed by atoms with Crippen LogP contribution in [0, 0.1) is 13.8 Å². The van der Waals surface area contributed by atoms with Crippen LogP contribution in [0.3, 0.4) is 0 Å². The zero-order valence-corrected chi connectivity index (χ0v) is 23.2. The summed E-state index contributed by atoms with van der Waals surface area (Å²) in [4.78, 5) is 2.76. The van der Waals surface area contributed by atoms with Crippen molar-refractivity contribution in [2.45, 2.75) is 137 Å². The highest BCUT2D eigenvalue weighted by Gasteiger charge is 2.30. The molecule has 0 aliphatic carbocycles. The van der Waals surface area contributed by atoms with Gasteiger partial charge in [0.05, 0.1) is 5.69 Å². The summed E-state index contributed by atoms with van der Waals surface area (Å²) in [6, 6.07) is 2.18. The summed E-state index contributed by atoms with van der Waals surface area (Å²) in [5.74, 6) is 1.24. The van der Waals surface area contributed by atoms with Crippen molar-refractivity contribution in [3.8, 4) is 0 Å². The van der Waals surface area contributed by atoms with E-state index in [2.05, 4.69) is 72.4 Å². The van der Waals surface area contributed by atoms with Gasteiger partial charge in [0.1, 0.15) is 5.50 Å². The Balaban J connectivity index is 1.86. The van der Waals surface area contributed by atoms with Crippen LogP contribution in [0.15, 0.2) is 17.5 Å². The number of thioether (sulfide) groups is 1. The van der Waals surface area contributed by atoms with E-state index in [9.17, 15) is 0 Å². The topological polar surface area (TPSA) is 33.1 Å². The van der Waals surface area contributed by atoms with Crippen LogP contribution in [0.1, 0.15) is 122 Å². The predicted molar refractivity (Wildman–Crippen MR) is 146 cm³/mol. The molecule has 0 amide bonds. The SMILES string of the molecule is CCCCCC1=C(CCCCC)N(CCCCC)C(SCCCCCn2nc(C)cc2C)N1. The average Bonchev–Trinajstić information content (AvgIpc) is 3.29. The van der Waals surface area contributed by atoms with Gasteiger partial charge in [-0.15, -0.1) is 11.8 Å². The lowest BCUT2D eigenvalue weighted by Crippen LogP contribution is -2.35. The molecule has 0 spiro atoms. The molecule has 0 fully saturated rings. The molecule has 0 radical (unpaired) electrons. The maximum atomic E-state index is 4.60. The number of nitrogens with one attached hydrogen (secondary N) is 1. The number of rotatable bonds is 19. The maximum absolute atomic E-state index is 4.60. The Morgan fingerprint density at radius 3 is 2.15 bits per heavy atom. The monoisotopic (exact) mass is 476 g/mol. The summed E-state index contributed by atoms with van der Waals surface area (Å²) in [5.41, 5.74) is 6.09. The number of aryl methyl sites for hydroxylation is 3. The molecular formula is C28H52N4S. The molecule has 1 aliphatic heterocycles. The van der Waals surface area contributed by atoms with Gasteiger partial charge in [-0.25, -0.2) is 0 Å². The second kappa shape index (κ2) is 16.5. The molecular weight excluding hydrogens is 424 g/mol. The standard InChI is InChI=1S/C28H52N4S/c1-6-9-13-18-26-27(19-14-10-7-2)31(20-15-11-8-3)28(29-26)33-22-17-12-16-21-32-25(5)23-24(4)30-32/h23,28-29H,6-22H2,1-5H3. The van der Waals surface area contributed by atoms with Crippen molar-refractivity contribution in [3.05, 3.63) is 28.8 Å². The van der Waals surface area contributed by atoms with Gasteiger partial charge in [-0.1, -0.05) is 65.7 Å². The first-order chi connectivity index (χ1) is 16.1. The quantitative estimate of drug-likeness (QED) is 0.204. The summed E-state index contributed by atoms with van der Waals surface area (Å²) < 4.78 is 2.17. The molecule has 2 heterocycles. The van der Waals surface area contributed by atoms with Crippen molar-refractivity contribution in [1.29, 1.82) is 0 Å². The molecule has 0 saturated heterocycles. The zero-order valence-electron chi connectivity index (χ0n) is 22.4. The second-order valence-corrected chi connectivity index (χ2v) is 11.0. The molecule has 1 atom stereocenters. The molecule has 1 unspecified atom stereocenters. The van der Waals surface area contributed by atoms with E-state index >= 15 is 0 Å². The third kappa shape index (κ3) is 9.96. The fourth-order valence-corrected chi connectivity index (χ4v) is 6.02. The minimum Gasteiger partial charge on any atom is -0.359 e. The Bertz CT molecular complexity index is 681. The highest BCUT2D eigenvalue weighted by atomic mass is 32.2. The average molecular weight is 477 g/mol. The number of unbranched alkanes of at least 4 members (excludes halogenated alkanes) is 8. The van der Waals surface area contributed by atoms with Gasteiger partial charge in [0.15, 0.2) is 0 Å². The Labute approximate surface area is 209 Å². The summed E-state index contributed by atoms with van der Waals surface area (Å²) >= 11 is 2.14. The van der Waals surface area contributed by atoms with Crippen molar-refractivity contribution in [2.24, 2.45) is 0 Å². The van der Waals surface area contributed by atoms with E-state index in [0.29, 0.717) is 5.50 Å². The van der Waals surface area contributed by atoms with Crippen LogP contribution in [0.25, 0.3) is 0 Å². The minimum atomic E-state index is 0.450. The number of aromatic nitrogens is 2. The zero-order chi connectivity index (χ0) is 23.9. The van der Waals surface area contributed by atoms with Gasteiger partial charge < -0.3 is 10.2 Å². The number of hydrogen-bond acceptors (Lipinski definition) is 4. The highest BCUT2D eigenvalue weighted by molar-refractivity contribution is 7.99. The van der Waals surface area contributed by atoms with Crippen LogP contribution in [0.4, 0.5) is 0 Å². The Kier molecular flexibility index (Phi) is 14.1. The van der Waals surface area contributed by atoms with E-state index in [-0.39, 0.29) is 0 Å². The molecule has 1 aliphatic rings. The normalized spacial score (nSPS) is 16.2. The molecule has 1 N–H and O–H groups in total. The van der Waals surface area contributed by atoms with Crippen LogP contribution < -0.4 is 5.32 Å².